The van der Waals surface area contributed by atoms with Crippen molar-refractivity contribution in [2.75, 3.05) is 13.2 Å². The fourth-order valence-electron chi connectivity index (χ4n) is 5.63. The van der Waals surface area contributed by atoms with Crippen LogP contribution in [0, 0.1) is 17.7 Å². The number of fused-ring (bicyclic) bond motifs is 1. The molecule has 3 aliphatic rings. The van der Waals surface area contributed by atoms with Gasteiger partial charge in [0, 0.05) is 24.4 Å². The molecule has 2 unspecified atom stereocenters. The minimum absolute atomic E-state index is 0.00762. The summed E-state index contributed by atoms with van der Waals surface area (Å²) in [4.78, 5) is 67.2. The van der Waals surface area contributed by atoms with Crippen molar-refractivity contribution in [2.45, 2.75) is 76.8 Å². The summed E-state index contributed by atoms with van der Waals surface area (Å²) in [5.74, 6) is -4.47. The summed E-state index contributed by atoms with van der Waals surface area (Å²) in [5.41, 5.74) is -0.578. The van der Waals surface area contributed by atoms with E-state index in [9.17, 15) is 38.7 Å². The lowest BCUT2D eigenvalue weighted by Crippen LogP contribution is -2.57. The summed E-state index contributed by atoms with van der Waals surface area (Å²) in [6.07, 6.45) is -1.08. The number of rotatable bonds is 10. The first kappa shape index (κ1) is 31.7. The molecule has 0 aromatic heterocycles. The molecule has 13 nitrogen and oxygen atoms in total. The molecule has 5 atom stereocenters. The number of carboxylic acids is 1. The largest absolute Gasteiger partial charge is 0.479 e. The molecule has 43 heavy (non-hydrogen) atoms. The topological polar surface area (TPSA) is 166 Å². The third kappa shape index (κ3) is 6.28. The van der Waals surface area contributed by atoms with E-state index in [1.807, 2.05) is 0 Å². The number of hydrogen-bond donors (Lipinski definition) is 3. The van der Waals surface area contributed by atoms with Crippen molar-refractivity contribution in [3.63, 3.8) is 0 Å². The number of hydrogen-bond acceptors (Lipinski definition) is 8. The first-order valence-electron chi connectivity index (χ1n) is 14.2. The maximum Gasteiger partial charge on any atom is 0.434 e. The summed E-state index contributed by atoms with van der Waals surface area (Å²) >= 11 is 0. The second-order valence-corrected chi connectivity index (χ2v) is 11.4. The number of halogens is 1. The predicted molar refractivity (Wildman–Crippen MR) is 147 cm³/mol. The van der Waals surface area contributed by atoms with E-state index in [2.05, 4.69) is 11.9 Å². The number of carboxylic acid groups (broad SMARTS) is 1. The number of hydroxylamine groups is 2. The predicted octanol–water partition coefficient (Wildman–Crippen LogP) is 2.66. The van der Waals surface area contributed by atoms with E-state index in [1.54, 1.807) is 32.9 Å². The quantitative estimate of drug-likeness (QED) is 0.207. The number of amides is 4. The Morgan fingerprint density at radius 3 is 2.56 bits per heavy atom. The molecule has 1 aromatic rings. The Bertz CT molecular complexity index is 1310. The van der Waals surface area contributed by atoms with Gasteiger partial charge in [-0.3, -0.25) is 19.7 Å². The second kappa shape index (κ2) is 12.6. The summed E-state index contributed by atoms with van der Waals surface area (Å²) < 4.78 is 24.8. The average molecular weight is 605 g/mol. The van der Waals surface area contributed by atoms with E-state index in [4.69, 9.17) is 9.47 Å². The van der Waals surface area contributed by atoms with Crippen LogP contribution in [0.3, 0.4) is 0 Å². The molecule has 0 spiro atoms. The molecule has 3 N–H and O–H groups in total. The summed E-state index contributed by atoms with van der Waals surface area (Å²) in [6.45, 7) is 8.37. The molecule has 1 saturated carbocycles. The molecule has 1 aliphatic carbocycles. The maximum absolute atomic E-state index is 14.2. The maximum atomic E-state index is 14.2. The number of nitrogens with one attached hydrogen (secondary N) is 1. The van der Waals surface area contributed by atoms with Crippen LogP contribution in [0.15, 0.2) is 30.9 Å². The lowest BCUT2D eigenvalue weighted by atomic mass is 10.0. The summed E-state index contributed by atoms with van der Waals surface area (Å²) in [6, 6.07) is 1.79. The highest BCUT2D eigenvalue weighted by atomic mass is 19.1. The zero-order valence-electron chi connectivity index (χ0n) is 24.3. The number of nitrogens with zero attached hydrogens (tertiary/aromatic N) is 3. The van der Waals surface area contributed by atoms with Crippen molar-refractivity contribution in [1.82, 2.24) is 20.2 Å². The van der Waals surface area contributed by atoms with Gasteiger partial charge in [-0.1, -0.05) is 39.0 Å². The zero-order chi connectivity index (χ0) is 31.6. The Balaban J connectivity index is 1.55. The minimum atomic E-state index is -1.59. The Morgan fingerprint density at radius 1 is 1.26 bits per heavy atom. The van der Waals surface area contributed by atoms with Gasteiger partial charge < -0.3 is 24.8 Å². The lowest BCUT2D eigenvalue weighted by Gasteiger charge is -2.33. The molecule has 4 amide bonds. The molecular weight excluding hydrogens is 567 g/mol. The van der Waals surface area contributed by atoms with Gasteiger partial charge in [0.25, 0.3) is 0 Å². The first-order chi connectivity index (χ1) is 20.3. The van der Waals surface area contributed by atoms with E-state index in [0.29, 0.717) is 17.5 Å². The molecular formula is C29H37FN4O9. The number of ether oxygens (including phenoxy) is 2. The van der Waals surface area contributed by atoms with E-state index >= 15 is 0 Å². The first-order valence-corrected chi connectivity index (χ1v) is 14.2. The minimum Gasteiger partial charge on any atom is -0.479 e. The fourth-order valence-corrected chi connectivity index (χ4v) is 5.63. The molecule has 2 fully saturated rings. The molecule has 4 rings (SSSR count). The van der Waals surface area contributed by atoms with Gasteiger partial charge in [-0.05, 0) is 30.4 Å². The smallest absolute Gasteiger partial charge is 0.434 e. The van der Waals surface area contributed by atoms with E-state index in [-0.39, 0.29) is 44.1 Å². The van der Waals surface area contributed by atoms with Crippen molar-refractivity contribution >= 4 is 30.0 Å². The van der Waals surface area contributed by atoms with Crippen molar-refractivity contribution in [2.24, 2.45) is 11.8 Å². The van der Waals surface area contributed by atoms with Crippen LogP contribution in [0.5, 0.6) is 0 Å². The summed E-state index contributed by atoms with van der Waals surface area (Å²) in [7, 11) is 0. The highest BCUT2D eigenvalue weighted by Crippen LogP contribution is 2.45. The molecule has 1 saturated heterocycles. The van der Waals surface area contributed by atoms with Gasteiger partial charge in [0.05, 0.1) is 19.7 Å². The molecule has 0 radical (unpaired) electrons. The Morgan fingerprint density at radius 2 is 1.98 bits per heavy atom. The third-order valence-corrected chi connectivity index (χ3v) is 8.09. The number of benzene rings is 1. The second-order valence-electron chi connectivity index (χ2n) is 11.4. The van der Waals surface area contributed by atoms with Crippen molar-refractivity contribution in [1.29, 1.82) is 0 Å². The van der Waals surface area contributed by atoms with Gasteiger partial charge >= 0.3 is 18.2 Å². The van der Waals surface area contributed by atoms with Crippen LogP contribution in [0.25, 0.3) is 0 Å². The van der Waals surface area contributed by atoms with Crippen LogP contribution in [-0.2, 0) is 36.9 Å². The third-order valence-electron chi connectivity index (χ3n) is 8.09. The standard InChI is InChI=1S/C29H37FN4O9/c1-5-10-42-28(40)34(41)23(16(3)4)25(36)33-14-19(11-22(33)24(35)31-29(26(37)38)12-18(29)6-2)43-27(39)32-13-17-8-7-9-21(30)20(17)15-32/h6-9,16,18-19,22-23,41H,2,5,10-15H2,1,3-4H3,(H,31,35)(H,37,38)/t18-,19-,22+,23?,29?/m1/s1. The molecule has 1 aromatic carbocycles. The Hall–Kier alpha value is -4.20. The van der Waals surface area contributed by atoms with Crippen molar-refractivity contribution < 1.29 is 48.2 Å². The van der Waals surface area contributed by atoms with E-state index < -0.39 is 71.3 Å². The van der Waals surface area contributed by atoms with Crippen LogP contribution >= 0.6 is 0 Å². The van der Waals surface area contributed by atoms with Gasteiger partial charge in [0.15, 0.2) is 0 Å². The van der Waals surface area contributed by atoms with E-state index in [1.165, 1.54) is 17.0 Å². The monoisotopic (exact) mass is 604 g/mol. The average Bonchev–Trinajstić information content (AvgIpc) is 3.27. The molecule has 2 aliphatic heterocycles. The van der Waals surface area contributed by atoms with Crippen molar-refractivity contribution in [3.05, 3.63) is 47.8 Å². The Labute approximate surface area is 248 Å². The van der Waals surface area contributed by atoms with Gasteiger partial charge in [-0.2, -0.15) is 5.06 Å². The fraction of sp³-hybridized carbons (Fsp3) is 0.552. The van der Waals surface area contributed by atoms with Gasteiger partial charge in [0.1, 0.15) is 29.5 Å². The SMILES string of the molecule is C=C[C@@H]1CC1(NC(=O)[C@@H]1C[C@@H](OC(=O)N2Cc3cccc(F)c3C2)CN1C(=O)C(C(C)C)N(O)C(=O)OCCC)C(=O)O. The highest BCUT2D eigenvalue weighted by Gasteiger charge is 2.61. The molecule has 2 heterocycles. The van der Waals surface area contributed by atoms with Crippen LogP contribution in [0.1, 0.15) is 51.2 Å². The van der Waals surface area contributed by atoms with Gasteiger partial charge in [0.2, 0.25) is 11.8 Å². The number of likely N-dealkylation sites (tertiary alicyclic amines) is 1. The molecule has 234 valence electrons. The molecule has 14 heteroatoms. The molecule has 0 bridgehead atoms. The van der Waals surface area contributed by atoms with Crippen LogP contribution < -0.4 is 5.32 Å². The number of carbonyl (C=O) groups is 5. The zero-order valence-corrected chi connectivity index (χ0v) is 24.3. The highest BCUT2D eigenvalue weighted by molar-refractivity contribution is 5.96. The number of aliphatic carboxylic acids is 1. The Kier molecular flexibility index (Phi) is 9.28. The van der Waals surface area contributed by atoms with Gasteiger partial charge in [-0.15, -0.1) is 6.58 Å². The summed E-state index contributed by atoms with van der Waals surface area (Å²) in [5, 5.41) is 23.1. The van der Waals surface area contributed by atoms with Crippen LogP contribution in [0.2, 0.25) is 0 Å². The van der Waals surface area contributed by atoms with E-state index in [0.717, 1.165) is 4.90 Å². The number of carbonyl (C=O) groups excluding carboxylic acids is 4. The lowest BCUT2D eigenvalue weighted by molar-refractivity contribution is -0.162. The van der Waals surface area contributed by atoms with Crippen LogP contribution in [-0.4, -0.2) is 92.0 Å². The van der Waals surface area contributed by atoms with Gasteiger partial charge in [-0.25, -0.2) is 18.8 Å². The normalized spacial score (nSPS) is 24.7. The van der Waals surface area contributed by atoms with Crippen molar-refractivity contribution in [3.8, 4) is 0 Å². The van der Waals surface area contributed by atoms with Crippen LogP contribution in [0.4, 0.5) is 14.0 Å².